The Kier molecular flexibility index (Phi) is 2.75. The Hall–Kier alpha value is -1.68. The van der Waals surface area contributed by atoms with Gasteiger partial charge in [0.1, 0.15) is 5.82 Å². The van der Waals surface area contributed by atoms with Crippen LogP contribution in [0.2, 0.25) is 5.02 Å². The molecule has 0 radical (unpaired) electrons. The predicted molar refractivity (Wildman–Crippen MR) is 57.2 cm³/mol. The van der Waals surface area contributed by atoms with Gasteiger partial charge in [-0.25, -0.2) is 4.39 Å². The van der Waals surface area contributed by atoms with E-state index in [0.29, 0.717) is 11.1 Å². The molecular weight excluding hydrogens is 233 g/mol. The summed E-state index contributed by atoms with van der Waals surface area (Å²) in [7, 11) is 0. The molecule has 1 fully saturated rings. The third-order valence-electron chi connectivity index (χ3n) is 2.19. The highest BCUT2D eigenvalue weighted by atomic mass is 35.5. The third-order valence-corrected chi connectivity index (χ3v) is 2.52. The Balaban J connectivity index is 2.36. The summed E-state index contributed by atoms with van der Waals surface area (Å²) in [5.74, 6) is -1.21. The van der Waals surface area contributed by atoms with E-state index in [9.17, 15) is 14.0 Å². The van der Waals surface area contributed by atoms with Crippen molar-refractivity contribution in [2.45, 2.75) is 6.42 Å². The Morgan fingerprint density at radius 3 is 2.69 bits per heavy atom. The molecule has 0 saturated carbocycles. The summed E-state index contributed by atoms with van der Waals surface area (Å²) in [6, 6.07) is 3.86. The zero-order valence-electron chi connectivity index (χ0n) is 8.09. The number of nitrogens with one attached hydrogen (secondary N) is 1. The minimum atomic E-state index is -0.445. The van der Waals surface area contributed by atoms with Crippen molar-refractivity contribution in [2.24, 2.45) is 0 Å². The van der Waals surface area contributed by atoms with Crippen LogP contribution in [0.3, 0.4) is 0 Å². The molecule has 82 valence electrons. The molecule has 0 atom stereocenters. The Bertz CT molecular complexity index is 511. The van der Waals surface area contributed by atoms with Gasteiger partial charge in [0.05, 0.1) is 11.4 Å². The van der Waals surface area contributed by atoms with Crippen molar-refractivity contribution in [3.05, 3.63) is 40.2 Å². The van der Waals surface area contributed by atoms with Gasteiger partial charge in [-0.05, 0) is 23.8 Å². The highest BCUT2D eigenvalue weighted by molar-refractivity contribution is 6.32. The number of imide groups is 1. The Morgan fingerprint density at radius 2 is 2.12 bits per heavy atom. The first-order chi connectivity index (χ1) is 7.56. The van der Waals surface area contributed by atoms with Gasteiger partial charge in [-0.3, -0.25) is 14.9 Å². The summed E-state index contributed by atoms with van der Waals surface area (Å²) >= 11 is 5.79. The molecule has 2 amide bonds. The molecule has 1 aromatic carbocycles. The SMILES string of the molecule is O=C1C/C(=C\c2ccc(F)cc2Cl)C(=O)N1. The fraction of sp³-hybridized carbons (Fsp3) is 0.0909. The van der Waals surface area contributed by atoms with Crippen molar-refractivity contribution < 1.29 is 14.0 Å². The van der Waals surface area contributed by atoms with Gasteiger partial charge in [0, 0.05) is 5.57 Å². The molecule has 1 heterocycles. The normalized spacial score (nSPS) is 18.0. The van der Waals surface area contributed by atoms with Gasteiger partial charge >= 0.3 is 0 Å². The Morgan fingerprint density at radius 1 is 1.38 bits per heavy atom. The maximum Gasteiger partial charge on any atom is 0.254 e. The lowest BCUT2D eigenvalue weighted by molar-refractivity contribution is -0.124. The first-order valence-corrected chi connectivity index (χ1v) is 4.94. The second kappa shape index (κ2) is 4.06. The molecule has 1 aromatic rings. The van der Waals surface area contributed by atoms with Gasteiger partial charge in [0.2, 0.25) is 5.91 Å². The molecule has 3 nitrogen and oxygen atoms in total. The predicted octanol–water partition coefficient (Wildman–Crippen LogP) is 1.91. The summed E-state index contributed by atoms with van der Waals surface area (Å²) in [5.41, 5.74) is 0.849. The lowest BCUT2D eigenvalue weighted by Crippen LogP contribution is -2.19. The van der Waals surface area contributed by atoms with Gasteiger partial charge in [0.25, 0.3) is 5.91 Å². The second-order valence-corrected chi connectivity index (χ2v) is 3.80. The summed E-state index contributed by atoms with van der Waals surface area (Å²) in [6.07, 6.45) is 1.52. The smallest absolute Gasteiger partial charge is 0.254 e. The first kappa shape index (κ1) is 10.8. The molecule has 2 rings (SSSR count). The third kappa shape index (κ3) is 2.12. The summed E-state index contributed by atoms with van der Waals surface area (Å²) in [6.45, 7) is 0. The van der Waals surface area contributed by atoms with Crippen LogP contribution in [-0.2, 0) is 9.59 Å². The van der Waals surface area contributed by atoms with Gasteiger partial charge in [-0.1, -0.05) is 17.7 Å². The van der Waals surface area contributed by atoms with E-state index in [-0.39, 0.29) is 17.4 Å². The topological polar surface area (TPSA) is 46.2 Å². The van der Waals surface area contributed by atoms with Crippen LogP contribution < -0.4 is 5.32 Å². The highest BCUT2D eigenvalue weighted by Crippen LogP contribution is 2.22. The molecule has 0 aliphatic carbocycles. The maximum atomic E-state index is 12.8. The fourth-order valence-corrected chi connectivity index (χ4v) is 1.65. The van der Waals surface area contributed by atoms with E-state index >= 15 is 0 Å². The number of hydrogen-bond donors (Lipinski definition) is 1. The van der Waals surface area contributed by atoms with Gasteiger partial charge in [-0.2, -0.15) is 0 Å². The minimum absolute atomic E-state index is 0.0343. The quantitative estimate of drug-likeness (QED) is 0.601. The Labute approximate surface area is 95.9 Å². The van der Waals surface area contributed by atoms with E-state index in [2.05, 4.69) is 5.32 Å². The lowest BCUT2D eigenvalue weighted by Gasteiger charge is -1.99. The molecule has 16 heavy (non-hydrogen) atoms. The standard InChI is InChI=1S/C11H7ClFNO2/c12-9-5-8(13)2-1-6(9)3-7-4-10(15)14-11(7)16/h1-3,5H,4H2,(H,14,15,16)/b7-3+. The van der Waals surface area contributed by atoms with Crippen LogP contribution in [-0.4, -0.2) is 11.8 Å². The number of carbonyl (C=O) groups excluding carboxylic acids is 2. The van der Waals surface area contributed by atoms with Crippen molar-refractivity contribution in [1.29, 1.82) is 0 Å². The number of halogens is 2. The average Bonchev–Trinajstić information content (AvgIpc) is 2.50. The number of hydrogen-bond acceptors (Lipinski definition) is 2. The van der Waals surface area contributed by atoms with E-state index in [1.807, 2.05) is 0 Å². The van der Waals surface area contributed by atoms with Crippen LogP contribution in [0.15, 0.2) is 23.8 Å². The van der Waals surface area contributed by atoms with E-state index in [0.717, 1.165) is 6.07 Å². The number of benzene rings is 1. The van der Waals surface area contributed by atoms with Crippen LogP contribution in [0.4, 0.5) is 4.39 Å². The maximum absolute atomic E-state index is 12.8. The van der Waals surface area contributed by atoms with Crippen LogP contribution in [0.5, 0.6) is 0 Å². The van der Waals surface area contributed by atoms with Crippen molar-refractivity contribution in [3.63, 3.8) is 0 Å². The molecule has 1 saturated heterocycles. The average molecular weight is 240 g/mol. The monoisotopic (exact) mass is 239 g/mol. The number of rotatable bonds is 1. The highest BCUT2D eigenvalue weighted by Gasteiger charge is 2.23. The van der Waals surface area contributed by atoms with E-state index < -0.39 is 11.7 Å². The van der Waals surface area contributed by atoms with E-state index in [1.54, 1.807) is 0 Å². The molecule has 1 N–H and O–H groups in total. The first-order valence-electron chi connectivity index (χ1n) is 4.56. The van der Waals surface area contributed by atoms with Gasteiger partial charge in [-0.15, -0.1) is 0 Å². The summed E-state index contributed by atoms with van der Waals surface area (Å²) < 4.78 is 12.8. The van der Waals surface area contributed by atoms with Crippen LogP contribution >= 0.6 is 11.6 Å². The minimum Gasteiger partial charge on any atom is -0.292 e. The molecule has 1 aliphatic heterocycles. The molecule has 5 heteroatoms. The molecule has 0 unspecified atom stereocenters. The second-order valence-electron chi connectivity index (χ2n) is 3.39. The van der Waals surface area contributed by atoms with Gasteiger partial charge < -0.3 is 0 Å². The number of amides is 2. The molecular formula is C11H7ClFNO2. The molecule has 0 bridgehead atoms. The molecule has 1 aliphatic rings. The van der Waals surface area contributed by atoms with E-state index in [4.69, 9.17) is 11.6 Å². The van der Waals surface area contributed by atoms with Crippen molar-refractivity contribution in [1.82, 2.24) is 5.32 Å². The van der Waals surface area contributed by atoms with Crippen LogP contribution in [0, 0.1) is 5.82 Å². The summed E-state index contributed by atoms with van der Waals surface area (Å²) in [4.78, 5) is 22.2. The van der Waals surface area contributed by atoms with Crippen molar-refractivity contribution >= 4 is 29.5 Å². The molecule has 0 aromatic heterocycles. The zero-order chi connectivity index (χ0) is 11.7. The zero-order valence-corrected chi connectivity index (χ0v) is 8.84. The largest absolute Gasteiger partial charge is 0.292 e. The van der Waals surface area contributed by atoms with E-state index in [1.165, 1.54) is 18.2 Å². The molecule has 0 spiro atoms. The fourth-order valence-electron chi connectivity index (χ4n) is 1.43. The van der Waals surface area contributed by atoms with Crippen LogP contribution in [0.1, 0.15) is 12.0 Å². The number of carbonyl (C=O) groups is 2. The van der Waals surface area contributed by atoms with Gasteiger partial charge in [0.15, 0.2) is 0 Å². The van der Waals surface area contributed by atoms with Crippen molar-refractivity contribution in [3.8, 4) is 0 Å². The summed E-state index contributed by atoms with van der Waals surface area (Å²) in [5, 5.41) is 2.36. The lowest BCUT2D eigenvalue weighted by atomic mass is 10.1. The van der Waals surface area contributed by atoms with Crippen molar-refractivity contribution in [2.75, 3.05) is 0 Å². The van der Waals surface area contributed by atoms with Crippen LogP contribution in [0.25, 0.3) is 6.08 Å².